The normalized spacial score (nSPS) is 14.9. The molecule has 0 saturated carbocycles. The van der Waals surface area contributed by atoms with E-state index in [0.29, 0.717) is 13.1 Å². The molecule has 2 aliphatic rings. The van der Waals surface area contributed by atoms with Crippen LogP contribution in [0.4, 0.5) is 0 Å². The molecule has 0 aliphatic carbocycles. The molecular formula is C21H32N2O4. The molecule has 2 rings (SSSR count). The molecule has 0 aromatic heterocycles. The molecule has 0 unspecified atom stereocenters. The highest BCUT2D eigenvalue weighted by atomic mass is 16.2. The van der Waals surface area contributed by atoms with Crippen molar-refractivity contribution in [1.82, 2.24) is 9.80 Å². The van der Waals surface area contributed by atoms with Crippen molar-refractivity contribution in [3.05, 3.63) is 37.0 Å². The van der Waals surface area contributed by atoms with Crippen molar-refractivity contribution in [1.29, 1.82) is 0 Å². The van der Waals surface area contributed by atoms with E-state index in [-0.39, 0.29) is 23.6 Å². The Hall–Kier alpha value is -2.50. The van der Waals surface area contributed by atoms with Crippen molar-refractivity contribution in [2.24, 2.45) is 0 Å². The summed E-state index contributed by atoms with van der Waals surface area (Å²) in [6.45, 7) is 10.5. The van der Waals surface area contributed by atoms with Crippen molar-refractivity contribution in [3.8, 4) is 0 Å². The average Bonchev–Trinajstić information content (AvgIpc) is 3.16. The molecule has 0 aromatic rings. The van der Waals surface area contributed by atoms with Crippen molar-refractivity contribution < 1.29 is 19.2 Å². The lowest BCUT2D eigenvalue weighted by Gasteiger charge is -2.14. The van der Waals surface area contributed by atoms with Crippen LogP contribution in [-0.4, -0.2) is 46.5 Å². The van der Waals surface area contributed by atoms with E-state index < -0.39 is 0 Å². The lowest BCUT2D eigenvalue weighted by Crippen LogP contribution is -2.31. The van der Waals surface area contributed by atoms with Crippen molar-refractivity contribution in [2.45, 2.75) is 59.3 Å². The number of hydrogen-bond donors (Lipinski definition) is 0. The number of nitrogens with zero attached hydrogens (tertiary/aromatic N) is 2. The first-order valence-electron chi connectivity index (χ1n) is 9.69. The maximum absolute atomic E-state index is 11.3. The number of unbranched alkanes of at least 4 members (excludes halogenated alkanes) is 4. The zero-order chi connectivity index (χ0) is 20.7. The van der Waals surface area contributed by atoms with E-state index in [0.717, 1.165) is 32.1 Å². The fraction of sp³-hybridized carbons (Fsp3) is 0.524. The summed E-state index contributed by atoms with van der Waals surface area (Å²) in [7, 11) is 0. The quantitative estimate of drug-likeness (QED) is 0.351. The van der Waals surface area contributed by atoms with E-state index in [1.807, 2.05) is 19.9 Å². The van der Waals surface area contributed by atoms with Gasteiger partial charge in [-0.25, -0.2) is 0 Å². The Morgan fingerprint density at radius 1 is 0.741 bits per heavy atom. The lowest BCUT2D eigenvalue weighted by molar-refractivity contribution is -0.138. The van der Waals surface area contributed by atoms with E-state index in [2.05, 4.69) is 13.5 Å². The molecule has 0 saturated heterocycles. The number of imide groups is 2. The molecule has 150 valence electrons. The van der Waals surface area contributed by atoms with Crippen LogP contribution in [-0.2, 0) is 19.2 Å². The molecule has 2 aliphatic heterocycles. The molecule has 2 heterocycles. The number of carbonyl (C=O) groups is 4. The number of rotatable bonds is 9. The van der Waals surface area contributed by atoms with Crippen LogP contribution in [0, 0.1) is 0 Å². The summed E-state index contributed by atoms with van der Waals surface area (Å²) in [5.41, 5.74) is 0. The SMILES string of the molecule is C=CCCC.CC.O=C1C=CC(=O)N1CCCCCCN1C(=O)C=CC1=O. The van der Waals surface area contributed by atoms with Crippen LogP contribution in [0.5, 0.6) is 0 Å². The first kappa shape index (κ1) is 24.5. The Morgan fingerprint density at radius 2 is 1.07 bits per heavy atom. The Bertz CT molecular complexity index is 497. The molecule has 6 nitrogen and oxygen atoms in total. The van der Waals surface area contributed by atoms with E-state index >= 15 is 0 Å². The van der Waals surface area contributed by atoms with Gasteiger partial charge in [0.25, 0.3) is 23.6 Å². The summed E-state index contributed by atoms with van der Waals surface area (Å²) < 4.78 is 0. The molecule has 6 heteroatoms. The van der Waals surface area contributed by atoms with E-state index in [1.54, 1.807) is 0 Å². The molecule has 0 N–H and O–H groups in total. The van der Waals surface area contributed by atoms with E-state index in [1.165, 1.54) is 40.5 Å². The summed E-state index contributed by atoms with van der Waals surface area (Å²) in [6, 6.07) is 0. The van der Waals surface area contributed by atoms with Crippen LogP contribution in [0.2, 0.25) is 0 Å². The Labute approximate surface area is 162 Å². The van der Waals surface area contributed by atoms with Gasteiger partial charge in [-0.3, -0.25) is 29.0 Å². The zero-order valence-corrected chi connectivity index (χ0v) is 16.8. The van der Waals surface area contributed by atoms with Crippen molar-refractivity contribution >= 4 is 23.6 Å². The van der Waals surface area contributed by atoms with Gasteiger partial charge in [0.2, 0.25) is 0 Å². The van der Waals surface area contributed by atoms with Crippen LogP contribution < -0.4 is 0 Å². The van der Waals surface area contributed by atoms with Gasteiger partial charge in [-0.05, 0) is 19.3 Å². The Kier molecular flexibility index (Phi) is 13.3. The predicted molar refractivity (Wildman–Crippen MR) is 107 cm³/mol. The summed E-state index contributed by atoms with van der Waals surface area (Å²) >= 11 is 0. The van der Waals surface area contributed by atoms with Gasteiger partial charge >= 0.3 is 0 Å². The molecule has 0 atom stereocenters. The predicted octanol–water partition coefficient (Wildman–Crippen LogP) is 3.40. The Balaban J connectivity index is 0.000000838. The third-order valence-electron chi connectivity index (χ3n) is 3.81. The molecule has 0 fully saturated rings. The second kappa shape index (κ2) is 14.6. The summed E-state index contributed by atoms with van der Waals surface area (Å²) in [6.07, 6.45) is 12.6. The second-order valence-corrected chi connectivity index (χ2v) is 5.81. The fourth-order valence-corrected chi connectivity index (χ4v) is 2.40. The van der Waals surface area contributed by atoms with Crippen LogP contribution in [0.15, 0.2) is 37.0 Å². The largest absolute Gasteiger partial charge is 0.275 e. The topological polar surface area (TPSA) is 74.8 Å². The van der Waals surface area contributed by atoms with E-state index in [4.69, 9.17) is 0 Å². The van der Waals surface area contributed by atoms with Gasteiger partial charge in [0, 0.05) is 37.4 Å². The van der Waals surface area contributed by atoms with Gasteiger partial charge < -0.3 is 0 Å². The van der Waals surface area contributed by atoms with Gasteiger partial charge in [0.05, 0.1) is 0 Å². The fourth-order valence-electron chi connectivity index (χ4n) is 2.40. The summed E-state index contributed by atoms with van der Waals surface area (Å²) in [5.74, 6) is -1.02. The third-order valence-corrected chi connectivity index (χ3v) is 3.81. The zero-order valence-electron chi connectivity index (χ0n) is 16.8. The van der Waals surface area contributed by atoms with Gasteiger partial charge in [-0.15, -0.1) is 6.58 Å². The first-order chi connectivity index (χ1) is 13.0. The van der Waals surface area contributed by atoms with Crippen molar-refractivity contribution in [2.75, 3.05) is 13.1 Å². The Morgan fingerprint density at radius 3 is 1.30 bits per heavy atom. The monoisotopic (exact) mass is 376 g/mol. The van der Waals surface area contributed by atoms with Crippen LogP contribution >= 0.6 is 0 Å². The number of carbonyl (C=O) groups excluding carboxylic acids is 4. The van der Waals surface area contributed by atoms with Crippen LogP contribution in [0.1, 0.15) is 59.3 Å². The highest BCUT2D eigenvalue weighted by Gasteiger charge is 2.23. The first-order valence-corrected chi connectivity index (χ1v) is 9.69. The maximum Gasteiger partial charge on any atom is 0.253 e. The summed E-state index contributed by atoms with van der Waals surface area (Å²) in [5, 5.41) is 0. The van der Waals surface area contributed by atoms with Crippen molar-refractivity contribution in [3.63, 3.8) is 0 Å². The highest BCUT2D eigenvalue weighted by Crippen LogP contribution is 2.10. The molecular weight excluding hydrogens is 344 g/mol. The minimum Gasteiger partial charge on any atom is -0.275 e. The minimum atomic E-state index is -0.255. The highest BCUT2D eigenvalue weighted by molar-refractivity contribution is 6.13. The van der Waals surface area contributed by atoms with Gasteiger partial charge in [-0.1, -0.05) is 46.1 Å². The molecule has 4 amide bonds. The molecule has 27 heavy (non-hydrogen) atoms. The molecule has 0 radical (unpaired) electrons. The number of allylic oxidation sites excluding steroid dienone is 1. The second-order valence-electron chi connectivity index (χ2n) is 5.81. The molecule has 0 aromatic carbocycles. The number of amides is 4. The standard InChI is InChI=1S/C14H16N2O4.C5H10.C2H6/c17-11-5-6-12(18)15(11)9-3-1-2-4-10-16-13(19)7-8-14(16)20;1-3-5-4-2;1-2/h5-8H,1-4,9-10H2;3H,1,4-5H2,2H3;1-2H3. The van der Waals surface area contributed by atoms with E-state index in [9.17, 15) is 19.2 Å². The van der Waals surface area contributed by atoms with Gasteiger partial charge in [0.15, 0.2) is 0 Å². The van der Waals surface area contributed by atoms with Gasteiger partial charge in [0.1, 0.15) is 0 Å². The maximum atomic E-state index is 11.3. The smallest absolute Gasteiger partial charge is 0.253 e. The average molecular weight is 376 g/mol. The molecule has 0 bridgehead atoms. The minimum absolute atomic E-state index is 0.255. The third kappa shape index (κ3) is 9.13. The van der Waals surface area contributed by atoms with Gasteiger partial charge in [-0.2, -0.15) is 0 Å². The van der Waals surface area contributed by atoms with Crippen LogP contribution in [0.3, 0.4) is 0 Å². The van der Waals surface area contributed by atoms with Crippen LogP contribution in [0.25, 0.3) is 0 Å². The number of hydrogen-bond acceptors (Lipinski definition) is 4. The summed E-state index contributed by atoms with van der Waals surface area (Å²) in [4.78, 5) is 47.6. The molecule has 0 spiro atoms. The lowest BCUT2D eigenvalue weighted by atomic mass is 10.2.